The molecule has 0 heterocycles. The quantitative estimate of drug-likeness (QED) is 0.559. The van der Waals surface area contributed by atoms with Gasteiger partial charge in [-0.2, -0.15) is 0 Å². The summed E-state index contributed by atoms with van der Waals surface area (Å²) in [6.45, 7) is 6.47. The molecular weight excluding hydrogens is 354 g/mol. The number of quaternary nitrogens is 2. The van der Waals surface area contributed by atoms with Crippen LogP contribution in [0.4, 0.5) is 0 Å². The van der Waals surface area contributed by atoms with E-state index in [9.17, 15) is 0 Å². The van der Waals surface area contributed by atoms with Crippen LogP contribution in [0.15, 0.2) is 0 Å². The molecule has 0 aromatic rings. The molecule has 0 aliphatic heterocycles. The minimum Gasteiger partial charge on any atom is -0.330 e. The summed E-state index contributed by atoms with van der Waals surface area (Å²) in [5, 5.41) is 0. The van der Waals surface area contributed by atoms with Crippen LogP contribution in [0.5, 0.6) is 0 Å². The van der Waals surface area contributed by atoms with Crippen molar-refractivity contribution in [2.75, 3.05) is 67.5 Å². The van der Waals surface area contributed by atoms with Crippen LogP contribution in [0.3, 0.4) is 0 Å². The molecular formula is C13H38Cl4N4+2. The van der Waals surface area contributed by atoms with Gasteiger partial charge in [-0.1, -0.05) is 0 Å². The molecule has 0 spiro atoms. The first kappa shape index (κ1) is 33.6. The molecule has 0 aromatic heterocycles. The summed E-state index contributed by atoms with van der Waals surface area (Å²) in [4.78, 5) is 0. The Bertz CT molecular complexity index is 185. The van der Waals surface area contributed by atoms with E-state index in [0.29, 0.717) is 0 Å². The fraction of sp³-hybridized carbons (Fsp3) is 1.00. The van der Waals surface area contributed by atoms with E-state index in [2.05, 4.69) is 28.2 Å². The zero-order valence-corrected chi connectivity index (χ0v) is 17.3. The number of nitrogens with two attached hydrogens (primary N) is 2. The average molecular weight is 392 g/mol. The Kier molecular flexibility index (Phi) is 27.7. The minimum absolute atomic E-state index is 0. The van der Waals surface area contributed by atoms with E-state index in [0.717, 1.165) is 34.9 Å². The first-order chi connectivity index (χ1) is 7.83. The van der Waals surface area contributed by atoms with Gasteiger partial charge in [0.05, 0.1) is 54.4 Å². The molecule has 0 saturated heterocycles. The van der Waals surface area contributed by atoms with Crippen molar-refractivity contribution in [3.8, 4) is 0 Å². The molecule has 21 heavy (non-hydrogen) atoms. The largest absolute Gasteiger partial charge is 0.330 e. The second kappa shape index (κ2) is 17.4. The van der Waals surface area contributed by atoms with Crippen molar-refractivity contribution in [3.05, 3.63) is 0 Å². The highest BCUT2D eigenvalue weighted by atomic mass is 35.5. The lowest BCUT2D eigenvalue weighted by Gasteiger charge is -2.33. The van der Waals surface area contributed by atoms with E-state index in [-0.39, 0.29) is 49.6 Å². The number of nitrogens with zero attached hydrogens (tertiary/aromatic N) is 2. The maximum absolute atomic E-state index is 5.56. The normalized spacial score (nSPS) is 10.6. The maximum atomic E-state index is 5.56. The van der Waals surface area contributed by atoms with Crippen LogP contribution in [-0.2, 0) is 0 Å². The summed E-state index contributed by atoms with van der Waals surface area (Å²) in [5.74, 6) is 0. The summed E-state index contributed by atoms with van der Waals surface area (Å²) in [7, 11) is 9.20. The van der Waals surface area contributed by atoms with Crippen molar-refractivity contribution in [2.24, 2.45) is 11.5 Å². The molecule has 0 aliphatic carbocycles. The van der Waals surface area contributed by atoms with Gasteiger partial charge in [-0.15, -0.1) is 49.6 Å². The van der Waals surface area contributed by atoms with E-state index in [1.807, 2.05) is 0 Å². The summed E-state index contributed by atoms with van der Waals surface area (Å²) in [6, 6.07) is 0. The van der Waals surface area contributed by atoms with Gasteiger partial charge in [-0.25, -0.2) is 0 Å². The third-order valence-corrected chi connectivity index (χ3v) is 3.46. The van der Waals surface area contributed by atoms with E-state index in [4.69, 9.17) is 11.5 Å². The zero-order valence-electron chi connectivity index (χ0n) is 14.0. The minimum atomic E-state index is 0. The average Bonchev–Trinajstić information content (AvgIpc) is 2.23. The van der Waals surface area contributed by atoms with Crippen LogP contribution in [0.25, 0.3) is 0 Å². The summed E-state index contributed by atoms with van der Waals surface area (Å²) >= 11 is 0. The van der Waals surface area contributed by atoms with Gasteiger partial charge < -0.3 is 20.4 Å². The van der Waals surface area contributed by atoms with Gasteiger partial charge >= 0.3 is 0 Å². The lowest BCUT2D eigenvalue weighted by atomic mass is 10.2. The Morgan fingerprint density at radius 3 is 1.00 bits per heavy atom. The van der Waals surface area contributed by atoms with Crippen LogP contribution in [-0.4, -0.2) is 76.4 Å². The fourth-order valence-corrected chi connectivity index (χ4v) is 2.19. The number of rotatable bonds is 10. The van der Waals surface area contributed by atoms with Crippen molar-refractivity contribution >= 4 is 49.6 Å². The summed E-state index contributed by atoms with van der Waals surface area (Å²) in [5.41, 5.74) is 11.1. The first-order valence-electron chi connectivity index (χ1n) is 6.87. The summed E-state index contributed by atoms with van der Waals surface area (Å²) < 4.78 is 2.18. The second-order valence-corrected chi connectivity index (χ2v) is 6.40. The Hall–Kier alpha value is 1.00. The van der Waals surface area contributed by atoms with E-state index in [1.165, 1.54) is 32.6 Å². The van der Waals surface area contributed by atoms with Crippen LogP contribution < -0.4 is 11.5 Å². The molecule has 0 aromatic carbocycles. The smallest absolute Gasteiger partial charge is 0.0836 e. The van der Waals surface area contributed by atoms with Crippen molar-refractivity contribution in [1.29, 1.82) is 0 Å². The van der Waals surface area contributed by atoms with Gasteiger partial charge in [-0.05, 0) is 13.1 Å². The Balaban J connectivity index is -0.000000213. The third-order valence-electron chi connectivity index (χ3n) is 3.46. The molecule has 0 atom stereocenters. The highest BCUT2D eigenvalue weighted by molar-refractivity contribution is 5.86. The Morgan fingerprint density at radius 1 is 0.524 bits per heavy atom. The van der Waals surface area contributed by atoms with Gasteiger partial charge in [0.1, 0.15) is 0 Å². The SMILES string of the molecule is C[N+](C)(CCCN)CCC[N+](C)(C)CCCN.Cl.Cl.Cl.Cl. The third kappa shape index (κ3) is 21.0. The van der Waals surface area contributed by atoms with Crippen LogP contribution in [0, 0.1) is 0 Å². The lowest BCUT2D eigenvalue weighted by molar-refractivity contribution is -0.909. The molecule has 0 aliphatic rings. The van der Waals surface area contributed by atoms with Crippen molar-refractivity contribution in [1.82, 2.24) is 0 Å². The highest BCUT2D eigenvalue weighted by Gasteiger charge is 2.18. The molecule has 4 N–H and O–H groups in total. The van der Waals surface area contributed by atoms with E-state index >= 15 is 0 Å². The molecule has 0 radical (unpaired) electrons. The Labute approximate surface area is 156 Å². The van der Waals surface area contributed by atoms with Gasteiger partial charge in [-0.3, -0.25) is 0 Å². The molecule has 0 bridgehead atoms. The molecule has 8 heteroatoms. The van der Waals surface area contributed by atoms with E-state index < -0.39 is 0 Å². The van der Waals surface area contributed by atoms with Crippen molar-refractivity contribution in [2.45, 2.75) is 19.3 Å². The zero-order chi connectivity index (χ0) is 13.4. The predicted octanol–water partition coefficient (Wildman–Crippen LogP) is 1.91. The lowest BCUT2D eigenvalue weighted by Crippen LogP contribution is -2.46. The molecule has 4 nitrogen and oxygen atoms in total. The van der Waals surface area contributed by atoms with Crippen LogP contribution in [0.2, 0.25) is 0 Å². The molecule has 0 rings (SSSR count). The summed E-state index contributed by atoms with van der Waals surface area (Å²) in [6.07, 6.45) is 3.52. The number of hydrogen-bond acceptors (Lipinski definition) is 2. The van der Waals surface area contributed by atoms with Crippen LogP contribution in [0.1, 0.15) is 19.3 Å². The monoisotopic (exact) mass is 390 g/mol. The van der Waals surface area contributed by atoms with Crippen molar-refractivity contribution < 1.29 is 8.97 Å². The van der Waals surface area contributed by atoms with Crippen LogP contribution >= 0.6 is 49.6 Å². The molecule has 0 saturated carbocycles. The molecule has 0 amide bonds. The first-order valence-corrected chi connectivity index (χ1v) is 6.87. The van der Waals surface area contributed by atoms with Gasteiger partial charge in [0.25, 0.3) is 0 Å². The Morgan fingerprint density at radius 2 is 0.762 bits per heavy atom. The maximum Gasteiger partial charge on any atom is 0.0836 e. The number of hydrogen-bond donors (Lipinski definition) is 2. The fourth-order valence-electron chi connectivity index (χ4n) is 2.19. The van der Waals surface area contributed by atoms with Gasteiger partial charge in [0, 0.05) is 19.3 Å². The van der Waals surface area contributed by atoms with Gasteiger partial charge in [0.2, 0.25) is 0 Å². The van der Waals surface area contributed by atoms with E-state index in [1.54, 1.807) is 0 Å². The van der Waals surface area contributed by atoms with Gasteiger partial charge in [0.15, 0.2) is 0 Å². The van der Waals surface area contributed by atoms with Crippen molar-refractivity contribution in [3.63, 3.8) is 0 Å². The molecule has 136 valence electrons. The predicted molar refractivity (Wildman–Crippen MR) is 105 cm³/mol. The topological polar surface area (TPSA) is 52.0 Å². The second-order valence-electron chi connectivity index (χ2n) is 6.40. The standard InChI is InChI=1S/C13H34N4.4ClH/c1-16(2,10-5-8-14)12-7-13-17(3,4)11-6-9-15;;;;/h5-15H2,1-4H3;4*1H/q+2;;;;. The molecule has 0 fully saturated rings. The highest BCUT2D eigenvalue weighted by Crippen LogP contribution is 2.05. The molecule has 0 unspecified atom stereocenters. The number of halogens is 4.